The molecule has 0 spiro atoms. The highest BCUT2D eigenvalue weighted by Crippen LogP contribution is 2.30. The molecule has 0 radical (unpaired) electrons. The van der Waals surface area contributed by atoms with Gasteiger partial charge in [0.25, 0.3) is 5.91 Å². The lowest BCUT2D eigenvalue weighted by Crippen LogP contribution is -2.23. The van der Waals surface area contributed by atoms with Crippen LogP contribution >= 0.6 is 0 Å². The third-order valence-corrected chi connectivity index (χ3v) is 4.58. The van der Waals surface area contributed by atoms with Gasteiger partial charge in [0.1, 0.15) is 17.4 Å². The van der Waals surface area contributed by atoms with E-state index in [2.05, 4.69) is 5.32 Å². The molecule has 1 N–H and O–H groups in total. The molecule has 3 aromatic rings. The van der Waals surface area contributed by atoms with Gasteiger partial charge in [0.2, 0.25) is 0 Å². The number of nitrogens with one attached hydrogen (secondary N) is 1. The number of nitro groups is 1. The standard InChI is InChI=1S/C25H21N3O8/c1-2-33-23-13-17(12-18(14-26)25(30)27-15-19-6-5-11-34-19)9-10-22(23)36-24(29)16-35-21-8-4-3-7-20(21)28(31)32/h3-13H,2,15-16H2,1H3,(H,27,30)/b18-12+. The van der Waals surface area contributed by atoms with Crippen LogP contribution in [0.1, 0.15) is 18.2 Å². The number of amides is 1. The second-order valence-corrected chi connectivity index (χ2v) is 7.06. The van der Waals surface area contributed by atoms with Crippen molar-refractivity contribution in [3.63, 3.8) is 0 Å². The van der Waals surface area contributed by atoms with Crippen LogP contribution in [0.25, 0.3) is 6.08 Å². The van der Waals surface area contributed by atoms with Crippen LogP contribution in [-0.4, -0.2) is 30.0 Å². The van der Waals surface area contributed by atoms with Gasteiger partial charge in [-0.3, -0.25) is 14.9 Å². The highest BCUT2D eigenvalue weighted by atomic mass is 16.6. The zero-order chi connectivity index (χ0) is 25.9. The normalized spacial score (nSPS) is 10.7. The molecule has 2 aromatic carbocycles. The summed E-state index contributed by atoms with van der Waals surface area (Å²) < 4.78 is 21.2. The van der Waals surface area contributed by atoms with Crippen LogP contribution in [0.5, 0.6) is 17.2 Å². The van der Waals surface area contributed by atoms with E-state index in [0.717, 1.165) is 0 Å². The van der Waals surface area contributed by atoms with Gasteiger partial charge in [-0.2, -0.15) is 5.26 Å². The first-order valence-electron chi connectivity index (χ1n) is 10.7. The lowest BCUT2D eigenvalue weighted by molar-refractivity contribution is -0.385. The number of esters is 1. The Labute approximate surface area is 205 Å². The molecule has 0 aliphatic carbocycles. The summed E-state index contributed by atoms with van der Waals surface area (Å²) in [5.41, 5.74) is 0.0312. The zero-order valence-electron chi connectivity index (χ0n) is 19.1. The Bertz CT molecular complexity index is 1310. The van der Waals surface area contributed by atoms with Gasteiger partial charge < -0.3 is 23.9 Å². The molecule has 1 heterocycles. The number of carbonyl (C=O) groups excluding carboxylic acids is 2. The van der Waals surface area contributed by atoms with E-state index in [9.17, 15) is 25.0 Å². The van der Waals surface area contributed by atoms with Gasteiger partial charge in [-0.05, 0) is 48.9 Å². The molecule has 11 nitrogen and oxygen atoms in total. The summed E-state index contributed by atoms with van der Waals surface area (Å²) in [6, 6.07) is 15.4. The van der Waals surface area contributed by atoms with Crippen molar-refractivity contribution in [2.24, 2.45) is 0 Å². The number of para-hydroxylation sites is 2. The summed E-state index contributed by atoms with van der Waals surface area (Å²) in [6.07, 6.45) is 2.84. The molecule has 11 heteroatoms. The number of nitriles is 1. The Morgan fingerprint density at radius 1 is 1.11 bits per heavy atom. The summed E-state index contributed by atoms with van der Waals surface area (Å²) in [4.78, 5) is 35.1. The smallest absolute Gasteiger partial charge is 0.349 e. The van der Waals surface area contributed by atoms with Crippen LogP contribution in [0.15, 0.2) is 70.9 Å². The number of carbonyl (C=O) groups is 2. The number of nitrogens with zero attached hydrogens (tertiary/aromatic N) is 2. The predicted molar refractivity (Wildman–Crippen MR) is 126 cm³/mol. The minimum absolute atomic E-state index is 0.0701. The Morgan fingerprint density at radius 2 is 1.92 bits per heavy atom. The molecule has 0 bridgehead atoms. The summed E-state index contributed by atoms with van der Waals surface area (Å²) >= 11 is 0. The molecule has 0 saturated carbocycles. The minimum Gasteiger partial charge on any atom is -0.490 e. The summed E-state index contributed by atoms with van der Waals surface area (Å²) in [5.74, 6) is -0.665. The van der Waals surface area contributed by atoms with Crippen molar-refractivity contribution in [1.29, 1.82) is 5.26 Å². The van der Waals surface area contributed by atoms with Crippen LogP contribution < -0.4 is 19.5 Å². The molecule has 0 unspecified atom stereocenters. The summed E-state index contributed by atoms with van der Waals surface area (Å²) in [5, 5.41) is 23.1. The molecule has 1 amide bonds. The number of furan rings is 1. The molecule has 0 saturated heterocycles. The first kappa shape index (κ1) is 25.5. The van der Waals surface area contributed by atoms with E-state index >= 15 is 0 Å². The fourth-order valence-corrected chi connectivity index (χ4v) is 2.98. The molecular weight excluding hydrogens is 470 g/mol. The predicted octanol–water partition coefficient (Wildman–Crippen LogP) is 3.79. The first-order chi connectivity index (χ1) is 17.4. The average molecular weight is 491 g/mol. The topological polar surface area (TPSA) is 154 Å². The maximum atomic E-state index is 12.4. The molecule has 0 atom stereocenters. The van der Waals surface area contributed by atoms with Gasteiger partial charge in [-0.25, -0.2) is 4.79 Å². The monoisotopic (exact) mass is 491 g/mol. The first-order valence-corrected chi connectivity index (χ1v) is 10.7. The van der Waals surface area contributed by atoms with Gasteiger partial charge >= 0.3 is 11.7 Å². The van der Waals surface area contributed by atoms with Crippen LogP contribution in [0.2, 0.25) is 0 Å². The number of hydrogen-bond donors (Lipinski definition) is 1. The molecule has 36 heavy (non-hydrogen) atoms. The SMILES string of the molecule is CCOc1cc(/C=C(\C#N)C(=O)NCc2ccco2)ccc1OC(=O)COc1ccccc1[N+](=O)[O-]. The molecular formula is C25H21N3O8. The summed E-state index contributed by atoms with van der Waals surface area (Å²) in [6.45, 7) is 1.53. The number of hydrogen-bond acceptors (Lipinski definition) is 9. The number of nitro benzene ring substituents is 1. The van der Waals surface area contributed by atoms with Gasteiger partial charge in [0, 0.05) is 6.07 Å². The Kier molecular flexibility index (Phi) is 8.77. The van der Waals surface area contributed by atoms with E-state index in [-0.39, 0.29) is 41.7 Å². The van der Waals surface area contributed by atoms with E-state index in [0.29, 0.717) is 11.3 Å². The van der Waals surface area contributed by atoms with Crippen LogP contribution in [0.3, 0.4) is 0 Å². The zero-order valence-corrected chi connectivity index (χ0v) is 19.1. The molecule has 0 aliphatic heterocycles. The van der Waals surface area contributed by atoms with Crippen molar-refractivity contribution >= 4 is 23.6 Å². The number of benzene rings is 2. The van der Waals surface area contributed by atoms with E-state index in [1.165, 1.54) is 48.7 Å². The van der Waals surface area contributed by atoms with E-state index < -0.39 is 23.4 Å². The lowest BCUT2D eigenvalue weighted by atomic mass is 10.1. The van der Waals surface area contributed by atoms with Gasteiger partial charge in [-0.15, -0.1) is 0 Å². The second kappa shape index (κ2) is 12.4. The number of rotatable bonds is 11. The summed E-state index contributed by atoms with van der Waals surface area (Å²) in [7, 11) is 0. The van der Waals surface area contributed by atoms with E-state index in [1.54, 1.807) is 25.1 Å². The Balaban J connectivity index is 1.69. The van der Waals surface area contributed by atoms with E-state index in [1.807, 2.05) is 6.07 Å². The fourth-order valence-electron chi connectivity index (χ4n) is 2.98. The maximum absolute atomic E-state index is 12.4. The van der Waals surface area contributed by atoms with Crippen LogP contribution in [0, 0.1) is 21.4 Å². The van der Waals surface area contributed by atoms with E-state index in [4.69, 9.17) is 18.6 Å². The highest BCUT2D eigenvalue weighted by Gasteiger charge is 2.17. The molecule has 3 rings (SSSR count). The van der Waals surface area contributed by atoms with Crippen molar-refractivity contribution < 1.29 is 33.1 Å². The molecule has 0 aliphatic rings. The quantitative estimate of drug-likeness (QED) is 0.105. The van der Waals surface area contributed by atoms with Crippen LogP contribution in [-0.2, 0) is 16.1 Å². The largest absolute Gasteiger partial charge is 0.490 e. The van der Waals surface area contributed by atoms with Crippen molar-refractivity contribution in [3.05, 3.63) is 87.9 Å². The minimum atomic E-state index is -0.813. The van der Waals surface area contributed by atoms with Gasteiger partial charge in [0.15, 0.2) is 23.9 Å². The molecule has 0 fully saturated rings. The second-order valence-electron chi connectivity index (χ2n) is 7.06. The van der Waals surface area contributed by atoms with Gasteiger partial charge in [-0.1, -0.05) is 18.2 Å². The van der Waals surface area contributed by atoms with Gasteiger partial charge in [0.05, 0.1) is 24.3 Å². The fraction of sp³-hybridized carbons (Fsp3) is 0.160. The number of ether oxygens (including phenoxy) is 3. The maximum Gasteiger partial charge on any atom is 0.349 e. The molecule has 184 valence electrons. The Morgan fingerprint density at radius 3 is 2.61 bits per heavy atom. The van der Waals surface area contributed by atoms with Crippen molar-refractivity contribution in [1.82, 2.24) is 5.32 Å². The van der Waals surface area contributed by atoms with Crippen molar-refractivity contribution in [3.8, 4) is 23.3 Å². The lowest BCUT2D eigenvalue weighted by Gasteiger charge is -2.12. The Hall–Kier alpha value is -5.11. The van der Waals surface area contributed by atoms with Crippen molar-refractivity contribution in [2.75, 3.05) is 13.2 Å². The third kappa shape index (κ3) is 6.94. The van der Waals surface area contributed by atoms with Crippen LogP contribution in [0.4, 0.5) is 5.69 Å². The highest BCUT2D eigenvalue weighted by molar-refractivity contribution is 6.01. The average Bonchev–Trinajstić information content (AvgIpc) is 3.40. The molecule has 1 aromatic heterocycles. The third-order valence-electron chi connectivity index (χ3n) is 4.58. The van der Waals surface area contributed by atoms with Crippen molar-refractivity contribution in [2.45, 2.75) is 13.5 Å².